The van der Waals surface area contributed by atoms with Crippen LogP contribution in [0.1, 0.15) is 6.42 Å². The number of carbonyl (C=O) groups is 1. The number of ether oxygens (including phenoxy) is 2. The van der Waals surface area contributed by atoms with Crippen LogP contribution >= 0.6 is 0 Å². The average Bonchev–Trinajstić information content (AvgIpc) is 2.39. The zero-order valence-electron chi connectivity index (χ0n) is 9.86. The Labute approximate surface area is 107 Å². The van der Waals surface area contributed by atoms with Gasteiger partial charge in [-0.25, -0.2) is 0 Å². The van der Waals surface area contributed by atoms with E-state index in [0.717, 1.165) is 0 Å². The van der Waals surface area contributed by atoms with E-state index in [2.05, 4.69) is 10.0 Å². The predicted molar refractivity (Wildman–Crippen MR) is 58.5 cm³/mol. The lowest BCUT2D eigenvalue weighted by Gasteiger charge is -2.39. The van der Waals surface area contributed by atoms with Crippen molar-refractivity contribution in [1.29, 1.82) is 0 Å². The molecule has 1 amide bonds. The van der Waals surface area contributed by atoms with Crippen LogP contribution in [0.4, 0.5) is 0 Å². The molecule has 0 aromatic heterocycles. The van der Waals surface area contributed by atoms with Gasteiger partial charge in [0, 0.05) is 11.3 Å². The first-order valence-corrected chi connectivity index (χ1v) is 5.51. The van der Waals surface area contributed by atoms with Crippen molar-refractivity contribution in [2.45, 2.75) is 37.1 Å². The molecule has 10 nitrogen and oxygen atoms in total. The molecule has 1 fully saturated rings. The zero-order valence-corrected chi connectivity index (χ0v) is 9.86. The molecule has 0 aromatic rings. The SMILES string of the molecule is [N-]=[N+]=NC(=O)CCOC1OC(CO)C(O)C(O)C1O. The summed E-state index contributed by atoms with van der Waals surface area (Å²) in [5, 5.41) is 40.3. The normalized spacial score (nSPS) is 34.6. The second-order valence-electron chi connectivity index (χ2n) is 3.90. The third-order valence-corrected chi connectivity index (χ3v) is 2.60. The van der Waals surface area contributed by atoms with Gasteiger partial charge in [-0.05, 0) is 10.6 Å². The summed E-state index contributed by atoms with van der Waals surface area (Å²) in [4.78, 5) is 13.2. The van der Waals surface area contributed by atoms with E-state index in [9.17, 15) is 20.1 Å². The summed E-state index contributed by atoms with van der Waals surface area (Å²) in [6.45, 7) is -0.775. The monoisotopic (exact) mass is 277 g/mol. The summed E-state index contributed by atoms with van der Waals surface area (Å²) < 4.78 is 10.0. The van der Waals surface area contributed by atoms with Crippen LogP contribution in [-0.2, 0) is 14.3 Å². The van der Waals surface area contributed by atoms with Gasteiger partial charge >= 0.3 is 0 Å². The molecule has 5 atom stereocenters. The Balaban J connectivity index is 2.48. The van der Waals surface area contributed by atoms with Crippen LogP contribution in [0, 0.1) is 0 Å². The van der Waals surface area contributed by atoms with Crippen LogP contribution in [0.15, 0.2) is 5.11 Å². The molecule has 4 N–H and O–H groups in total. The molecule has 0 spiro atoms. The Morgan fingerprint density at radius 1 is 1.32 bits per heavy atom. The van der Waals surface area contributed by atoms with Gasteiger partial charge in [-0.3, -0.25) is 4.79 Å². The minimum atomic E-state index is -1.54. The molecule has 0 saturated carbocycles. The lowest BCUT2D eigenvalue weighted by molar-refractivity contribution is -0.300. The van der Waals surface area contributed by atoms with Crippen LogP contribution in [0.2, 0.25) is 0 Å². The topological polar surface area (TPSA) is 165 Å². The number of aliphatic hydroxyl groups excluding tert-OH is 4. The fourth-order valence-corrected chi connectivity index (χ4v) is 1.57. The van der Waals surface area contributed by atoms with Gasteiger partial charge in [0.05, 0.1) is 13.2 Å². The summed E-state index contributed by atoms with van der Waals surface area (Å²) in [6, 6.07) is 0. The molecule has 0 bridgehead atoms. The van der Waals surface area contributed by atoms with E-state index in [4.69, 9.17) is 20.1 Å². The van der Waals surface area contributed by atoms with E-state index in [0.29, 0.717) is 0 Å². The largest absolute Gasteiger partial charge is 0.394 e. The second-order valence-corrected chi connectivity index (χ2v) is 3.90. The molecule has 5 unspecified atom stereocenters. The van der Waals surface area contributed by atoms with Gasteiger partial charge in [0.1, 0.15) is 24.4 Å². The summed E-state index contributed by atoms with van der Waals surface area (Å²) in [5.74, 6) is -0.743. The Hall–Kier alpha value is -1.26. The molecule has 108 valence electrons. The van der Waals surface area contributed by atoms with Crippen LogP contribution in [-0.4, -0.2) is 70.3 Å². The fraction of sp³-hybridized carbons (Fsp3) is 0.889. The zero-order chi connectivity index (χ0) is 14.4. The molecule has 1 saturated heterocycles. The van der Waals surface area contributed by atoms with Crippen molar-refractivity contribution in [1.82, 2.24) is 0 Å². The van der Waals surface area contributed by atoms with Gasteiger partial charge in [-0.1, -0.05) is 0 Å². The lowest BCUT2D eigenvalue weighted by Crippen LogP contribution is -2.59. The standard InChI is InChI=1S/C9H15N3O7/c10-12-11-5(14)1-2-18-9-8(17)7(16)6(15)4(3-13)19-9/h4,6-9,13,15-17H,1-3H2. The fourth-order valence-electron chi connectivity index (χ4n) is 1.57. The molecule has 1 aliphatic rings. The van der Waals surface area contributed by atoms with Crippen molar-refractivity contribution < 1.29 is 34.7 Å². The lowest BCUT2D eigenvalue weighted by atomic mass is 9.99. The van der Waals surface area contributed by atoms with Crippen molar-refractivity contribution in [2.24, 2.45) is 5.11 Å². The minimum absolute atomic E-state index is 0.208. The van der Waals surface area contributed by atoms with Crippen molar-refractivity contribution in [2.75, 3.05) is 13.2 Å². The molecular formula is C9H15N3O7. The van der Waals surface area contributed by atoms with Crippen LogP contribution in [0.5, 0.6) is 0 Å². The van der Waals surface area contributed by atoms with E-state index >= 15 is 0 Å². The number of carbonyl (C=O) groups excluding carboxylic acids is 1. The van der Waals surface area contributed by atoms with E-state index in [1.165, 1.54) is 0 Å². The molecule has 1 aliphatic heterocycles. The van der Waals surface area contributed by atoms with Crippen molar-refractivity contribution in [3.63, 3.8) is 0 Å². The van der Waals surface area contributed by atoms with Gasteiger partial charge in [-0.2, -0.15) is 0 Å². The number of azide groups is 1. The average molecular weight is 277 g/mol. The van der Waals surface area contributed by atoms with Gasteiger partial charge in [0.2, 0.25) is 5.91 Å². The first-order valence-electron chi connectivity index (χ1n) is 5.51. The van der Waals surface area contributed by atoms with Crippen molar-refractivity contribution in [3.05, 3.63) is 10.4 Å². The maximum absolute atomic E-state index is 10.9. The molecule has 0 radical (unpaired) electrons. The highest BCUT2D eigenvalue weighted by molar-refractivity contribution is 5.76. The van der Waals surface area contributed by atoms with Crippen molar-refractivity contribution >= 4 is 5.91 Å². The number of hydrogen-bond acceptors (Lipinski definition) is 7. The highest BCUT2D eigenvalue weighted by atomic mass is 16.7. The van der Waals surface area contributed by atoms with Crippen LogP contribution < -0.4 is 0 Å². The maximum atomic E-state index is 10.9. The predicted octanol–water partition coefficient (Wildman–Crippen LogP) is -1.97. The maximum Gasteiger partial charge on any atom is 0.221 e. The van der Waals surface area contributed by atoms with Crippen LogP contribution in [0.25, 0.3) is 10.4 Å². The summed E-state index contributed by atoms with van der Waals surface area (Å²) in [5.41, 5.74) is 8.00. The smallest absolute Gasteiger partial charge is 0.221 e. The Kier molecular flexibility index (Phi) is 6.12. The van der Waals surface area contributed by atoms with Crippen molar-refractivity contribution in [3.8, 4) is 0 Å². The third kappa shape index (κ3) is 4.11. The molecule has 1 heterocycles. The Morgan fingerprint density at radius 2 is 2.00 bits per heavy atom. The summed E-state index contributed by atoms with van der Waals surface area (Å²) in [7, 11) is 0. The van der Waals surface area contributed by atoms with E-state index < -0.39 is 43.2 Å². The highest BCUT2D eigenvalue weighted by Crippen LogP contribution is 2.21. The highest BCUT2D eigenvalue weighted by Gasteiger charge is 2.43. The van der Waals surface area contributed by atoms with E-state index in [1.807, 2.05) is 0 Å². The molecule has 0 aliphatic carbocycles. The van der Waals surface area contributed by atoms with Crippen LogP contribution in [0.3, 0.4) is 0 Å². The summed E-state index contributed by atoms with van der Waals surface area (Å²) >= 11 is 0. The number of amides is 1. The Morgan fingerprint density at radius 3 is 2.58 bits per heavy atom. The molecule has 0 aromatic carbocycles. The van der Waals surface area contributed by atoms with Gasteiger partial charge in [-0.15, -0.1) is 0 Å². The number of aliphatic hydroxyl groups is 4. The van der Waals surface area contributed by atoms with Gasteiger partial charge in [0.25, 0.3) is 0 Å². The van der Waals surface area contributed by atoms with Gasteiger partial charge in [0.15, 0.2) is 6.29 Å². The second kappa shape index (κ2) is 7.36. The first kappa shape index (κ1) is 15.8. The molecule has 10 heteroatoms. The molecule has 19 heavy (non-hydrogen) atoms. The molecular weight excluding hydrogens is 262 g/mol. The number of hydrogen-bond donors (Lipinski definition) is 4. The summed E-state index contributed by atoms with van der Waals surface area (Å²) in [6.07, 6.45) is -7.12. The third-order valence-electron chi connectivity index (χ3n) is 2.60. The molecule has 1 rings (SSSR count). The Bertz CT molecular complexity index is 358. The quantitative estimate of drug-likeness (QED) is 0.257. The number of nitrogens with zero attached hydrogens (tertiary/aromatic N) is 3. The van der Waals surface area contributed by atoms with E-state index in [1.54, 1.807) is 0 Å². The minimum Gasteiger partial charge on any atom is -0.394 e. The number of rotatable bonds is 5. The first-order chi connectivity index (χ1) is 9.01. The van der Waals surface area contributed by atoms with Gasteiger partial charge < -0.3 is 29.9 Å². The van der Waals surface area contributed by atoms with E-state index in [-0.39, 0.29) is 13.0 Å².